The van der Waals surface area contributed by atoms with Gasteiger partial charge in [0.05, 0.1) is 0 Å². The van der Waals surface area contributed by atoms with Gasteiger partial charge in [-0.3, -0.25) is 0 Å². The van der Waals surface area contributed by atoms with E-state index in [0.717, 1.165) is 26.2 Å². The summed E-state index contributed by atoms with van der Waals surface area (Å²) in [5.74, 6) is 0. The van der Waals surface area contributed by atoms with Gasteiger partial charge in [-0.05, 0) is 11.1 Å². The van der Waals surface area contributed by atoms with E-state index in [1.165, 1.54) is 11.1 Å². The van der Waals surface area contributed by atoms with E-state index in [-0.39, 0.29) is 6.04 Å². The molecule has 0 saturated carbocycles. The van der Waals surface area contributed by atoms with Gasteiger partial charge < -0.3 is 5.73 Å². The first-order valence-corrected chi connectivity index (χ1v) is 7.14. The van der Waals surface area contributed by atoms with E-state index in [0.29, 0.717) is 0 Å². The molecule has 2 aromatic rings. The Morgan fingerprint density at radius 2 is 1.15 bits per heavy atom. The molecule has 1 fully saturated rings. The summed E-state index contributed by atoms with van der Waals surface area (Å²) < 4.78 is 0. The van der Waals surface area contributed by atoms with Crippen molar-refractivity contribution in [2.45, 2.75) is 19.1 Å². The highest BCUT2D eigenvalue weighted by molar-refractivity contribution is 5.16. The van der Waals surface area contributed by atoms with Gasteiger partial charge in [0.1, 0.15) is 0 Å². The summed E-state index contributed by atoms with van der Waals surface area (Å²) in [6.07, 6.45) is 0. The van der Waals surface area contributed by atoms with Crippen LogP contribution in [0.2, 0.25) is 0 Å². The Balaban J connectivity index is 1.69. The van der Waals surface area contributed by atoms with Crippen molar-refractivity contribution in [1.82, 2.24) is 10.0 Å². The minimum atomic E-state index is 0.238. The molecule has 20 heavy (non-hydrogen) atoms. The molecule has 0 amide bonds. The summed E-state index contributed by atoms with van der Waals surface area (Å²) in [5, 5.41) is 4.74. The third-order valence-electron chi connectivity index (χ3n) is 3.71. The van der Waals surface area contributed by atoms with E-state index in [1.807, 2.05) is 0 Å². The zero-order chi connectivity index (χ0) is 13.8. The van der Waals surface area contributed by atoms with Crippen molar-refractivity contribution in [2.24, 2.45) is 5.73 Å². The summed E-state index contributed by atoms with van der Waals surface area (Å²) >= 11 is 0. The van der Waals surface area contributed by atoms with E-state index in [2.05, 4.69) is 70.7 Å². The molecule has 0 bridgehead atoms. The number of rotatable bonds is 4. The van der Waals surface area contributed by atoms with Gasteiger partial charge in [0.25, 0.3) is 0 Å². The van der Waals surface area contributed by atoms with Crippen LogP contribution < -0.4 is 5.73 Å². The first-order chi connectivity index (χ1) is 9.81. The number of hydrogen-bond acceptors (Lipinski definition) is 3. The molecule has 1 aliphatic rings. The highest BCUT2D eigenvalue weighted by atomic mass is 15.6. The molecule has 2 aromatic carbocycles. The SMILES string of the molecule is NC1CN(Cc2ccccc2)N(Cc2ccccc2)C1. The molecule has 0 radical (unpaired) electrons. The lowest BCUT2D eigenvalue weighted by Gasteiger charge is -2.27. The molecular weight excluding hydrogens is 246 g/mol. The number of hydrogen-bond donors (Lipinski definition) is 1. The monoisotopic (exact) mass is 267 g/mol. The molecule has 0 spiro atoms. The fourth-order valence-corrected chi connectivity index (χ4v) is 2.75. The third-order valence-corrected chi connectivity index (χ3v) is 3.71. The van der Waals surface area contributed by atoms with Gasteiger partial charge in [-0.1, -0.05) is 60.7 Å². The van der Waals surface area contributed by atoms with Gasteiger partial charge in [0.2, 0.25) is 0 Å². The van der Waals surface area contributed by atoms with Gasteiger partial charge in [0.15, 0.2) is 0 Å². The standard InChI is InChI=1S/C17H21N3/c18-17-13-19(11-15-7-3-1-4-8-15)20(14-17)12-16-9-5-2-6-10-16/h1-10,17H,11-14,18H2. The average Bonchev–Trinajstić information content (AvgIpc) is 2.81. The lowest BCUT2D eigenvalue weighted by molar-refractivity contribution is 0.0109. The van der Waals surface area contributed by atoms with E-state index in [1.54, 1.807) is 0 Å². The number of nitrogens with two attached hydrogens (primary N) is 1. The molecule has 104 valence electrons. The first kappa shape index (κ1) is 13.3. The zero-order valence-electron chi connectivity index (χ0n) is 11.7. The maximum Gasteiger partial charge on any atom is 0.0384 e. The Kier molecular flexibility index (Phi) is 4.11. The highest BCUT2D eigenvalue weighted by Gasteiger charge is 2.27. The van der Waals surface area contributed by atoms with Crippen LogP contribution in [-0.2, 0) is 13.1 Å². The summed E-state index contributed by atoms with van der Waals surface area (Å²) in [4.78, 5) is 0. The second-order valence-corrected chi connectivity index (χ2v) is 5.43. The van der Waals surface area contributed by atoms with Crippen molar-refractivity contribution in [3.63, 3.8) is 0 Å². The van der Waals surface area contributed by atoms with Crippen molar-refractivity contribution in [3.05, 3.63) is 71.8 Å². The summed E-state index contributed by atoms with van der Waals surface area (Å²) in [6.45, 7) is 3.73. The first-order valence-electron chi connectivity index (χ1n) is 7.14. The van der Waals surface area contributed by atoms with E-state index in [4.69, 9.17) is 5.73 Å². The maximum atomic E-state index is 6.14. The van der Waals surface area contributed by atoms with Crippen molar-refractivity contribution >= 4 is 0 Å². The van der Waals surface area contributed by atoms with Gasteiger partial charge in [-0.25, -0.2) is 10.0 Å². The van der Waals surface area contributed by atoms with Crippen LogP contribution in [0.25, 0.3) is 0 Å². The van der Waals surface area contributed by atoms with Crippen molar-refractivity contribution in [3.8, 4) is 0 Å². The van der Waals surface area contributed by atoms with E-state index >= 15 is 0 Å². The topological polar surface area (TPSA) is 32.5 Å². The third kappa shape index (κ3) is 3.25. The predicted octanol–water partition coefficient (Wildman–Crippen LogP) is 2.25. The molecular formula is C17H21N3. The van der Waals surface area contributed by atoms with Crippen LogP contribution in [-0.4, -0.2) is 29.1 Å². The summed E-state index contributed by atoms with van der Waals surface area (Å²) in [7, 11) is 0. The molecule has 3 rings (SSSR count). The Labute approximate surface area is 120 Å². The van der Waals surface area contributed by atoms with Gasteiger partial charge in [-0.15, -0.1) is 0 Å². The highest BCUT2D eigenvalue weighted by Crippen LogP contribution is 2.17. The minimum absolute atomic E-state index is 0.238. The van der Waals surface area contributed by atoms with Gasteiger partial charge in [0, 0.05) is 32.2 Å². The lowest BCUT2D eigenvalue weighted by Crippen LogP contribution is -2.35. The van der Waals surface area contributed by atoms with Crippen LogP contribution in [0.1, 0.15) is 11.1 Å². The summed E-state index contributed by atoms with van der Waals surface area (Å²) in [6, 6.07) is 21.4. The van der Waals surface area contributed by atoms with Crippen molar-refractivity contribution in [1.29, 1.82) is 0 Å². The quantitative estimate of drug-likeness (QED) is 0.922. The van der Waals surface area contributed by atoms with E-state index in [9.17, 15) is 0 Å². The molecule has 3 heteroatoms. The second kappa shape index (κ2) is 6.18. The average molecular weight is 267 g/mol. The molecule has 0 atom stereocenters. The van der Waals surface area contributed by atoms with Crippen molar-refractivity contribution in [2.75, 3.05) is 13.1 Å². The Morgan fingerprint density at radius 3 is 1.55 bits per heavy atom. The van der Waals surface area contributed by atoms with Crippen LogP contribution in [0.5, 0.6) is 0 Å². The number of nitrogens with zero attached hydrogens (tertiary/aromatic N) is 2. The number of hydrazine groups is 1. The molecule has 1 heterocycles. The normalized spacial score (nSPS) is 17.6. The van der Waals surface area contributed by atoms with Crippen LogP contribution >= 0.6 is 0 Å². The van der Waals surface area contributed by atoms with Gasteiger partial charge >= 0.3 is 0 Å². The Morgan fingerprint density at radius 1 is 0.750 bits per heavy atom. The molecule has 1 saturated heterocycles. The van der Waals surface area contributed by atoms with Crippen LogP contribution in [0.15, 0.2) is 60.7 Å². The molecule has 2 N–H and O–H groups in total. The minimum Gasteiger partial charge on any atom is -0.325 e. The Hall–Kier alpha value is -1.68. The van der Waals surface area contributed by atoms with Crippen LogP contribution in [0, 0.1) is 0 Å². The Bertz CT molecular complexity index is 477. The lowest BCUT2D eigenvalue weighted by atomic mass is 10.2. The second-order valence-electron chi connectivity index (χ2n) is 5.43. The molecule has 0 aliphatic carbocycles. The molecule has 1 aliphatic heterocycles. The summed E-state index contributed by atoms with van der Waals surface area (Å²) in [5.41, 5.74) is 8.81. The van der Waals surface area contributed by atoms with Crippen LogP contribution in [0.3, 0.4) is 0 Å². The fourth-order valence-electron chi connectivity index (χ4n) is 2.75. The smallest absolute Gasteiger partial charge is 0.0384 e. The predicted molar refractivity (Wildman–Crippen MR) is 81.7 cm³/mol. The van der Waals surface area contributed by atoms with Crippen LogP contribution in [0.4, 0.5) is 0 Å². The zero-order valence-corrected chi connectivity index (χ0v) is 11.7. The fraction of sp³-hybridized carbons (Fsp3) is 0.294. The van der Waals surface area contributed by atoms with Gasteiger partial charge in [-0.2, -0.15) is 0 Å². The number of benzene rings is 2. The maximum absolute atomic E-state index is 6.14. The van der Waals surface area contributed by atoms with Crippen molar-refractivity contribution < 1.29 is 0 Å². The molecule has 3 nitrogen and oxygen atoms in total. The van der Waals surface area contributed by atoms with E-state index < -0.39 is 0 Å². The molecule has 0 aromatic heterocycles. The largest absolute Gasteiger partial charge is 0.325 e. The molecule has 0 unspecified atom stereocenters.